The van der Waals surface area contributed by atoms with Gasteiger partial charge in [-0.2, -0.15) is 0 Å². The van der Waals surface area contributed by atoms with Crippen LogP contribution in [0.1, 0.15) is 45.4 Å². The molecule has 0 bridgehead atoms. The minimum atomic E-state index is 0.639. The van der Waals surface area contributed by atoms with Crippen molar-refractivity contribution in [2.45, 2.75) is 56.5 Å². The summed E-state index contributed by atoms with van der Waals surface area (Å²) in [5.74, 6) is 1.98. The first-order valence-electron chi connectivity index (χ1n) is 7.52. The molecule has 0 radical (unpaired) electrons. The zero-order valence-corrected chi connectivity index (χ0v) is 12.7. The summed E-state index contributed by atoms with van der Waals surface area (Å²) < 4.78 is 0. The molecule has 0 saturated heterocycles. The van der Waals surface area contributed by atoms with Gasteiger partial charge in [-0.05, 0) is 37.8 Å². The standard InChI is InChI=1S/C15H25N3S/c1-2-9-17-14(13-6-4-3-5-7-13)11-19-15-8-10-16-12-18-15/h8,10,12-14,17H,2-7,9,11H2,1H3. The Morgan fingerprint density at radius 1 is 1.37 bits per heavy atom. The van der Waals surface area contributed by atoms with Crippen LogP contribution in [0.4, 0.5) is 0 Å². The quantitative estimate of drug-likeness (QED) is 0.612. The summed E-state index contributed by atoms with van der Waals surface area (Å²) in [6, 6.07) is 2.64. The van der Waals surface area contributed by atoms with Crippen molar-refractivity contribution in [1.29, 1.82) is 0 Å². The van der Waals surface area contributed by atoms with Gasteiger partial charge >= 0.3 is 0 Å². The van der Waals surface area contributed by atoms with E-state index >= 15 is 0 Å². The molecule has 106 valence electrons. The summed E-state index contributed by atoms with van der Waals surface area (Å²) in [4.78, 5) is 8.27. The monoisotopic (exact) mass is 279 g/mol. The second kappa shape index (κ2) is 8.54. The van der Waals surface area contributed by atoms with E-state index in [2.05, 4.69) is 22.2 Å². The minimum Gasteiger partial charge on any atom is -0.313 e. The van der Waals surface area contributed by atoms with Gasteiger partial charge in [-0.1, -0.05) is 26.2 Å². The van der Waals surface area contributed by atoms with Crippen molar-refractivity contribution in [2.24, 2.45) is 5.92 Å². The molecule has 1 atom stereocenters. The highest BCUT2D eigenvalue weighted by atomic mass is 32.2. The van der Waals surface area contributed by atoms with Gasteiger partial charge in [0.15, 0.2) is 0 Å². The molecular weight excluding hydrogens is 254 g/mol. The molecule has 0 amide bonds. The molecule has 1 fully saturated rings. The van der Waals surface area contributed by atoms with Crippen molar-refractivity contribution in [3.63, 3.8) is 0 Å². The molecule has 1 aromatic heterocycles. The van der Waals surface area contributed by atoms with E-state index in [0.29, 0.717) is 6.04 Å². The van der Waals surface area contributed by atoms with Crippen molar-refractivity contribution in [3.8, 4) is 0 Å². The molecule has 4 heteroatoms. The van der Waals surface area contributed by atoms with Crippen LogP contribution in [0.15, 0.2) is 23.6 Å². The minimum absolute atomic E-state index is 0.639. The summed E-state index contributed by atoms with van der Waals surface area (Å²) in [7, 11) is 0. The Labute approximate surface area is 121 Å². The third-order valence-corrected chi connectivity index (χ3v) is 4.90. The summed E-state index contributed by atoms with van der Waals surface area (Å²) >= 11 is 1.86. The van der Waals surface area contributed by atoms with Gasteiger partial charge in [0.25, 0.3) is 0 Å². The first-order valence-corrected chi connectivity index (χ1v) is 8.51. The number of rotatable bonds is 7. The lowest BCUT2D eigenvalue weighted by Gasteiger charge is -2.30. The fourth-order valence-electron chi connectivity index (χ4n) is 2.77. The van der Waals surface area contributed by atoms with Gasteiger partial charge in [0.2, 0.25) is 0 Å². The predicted octanol–water partition coefficient (Wildman–Crippen LogP) is 3.52. The van der Waals surface area contributed by atoms with Gasteiger partial charge in [-0.3, -0.25) is 0 Å². The van der Waals surface area contributed by atoms with E-state index in [1.165, 1.54) is 38.5 Å². The van der Waals surface area contributed by atoms with Crippen molar-refractivity contribution < 1.29 is 0 Å². The maximum absolute atomic E-state index is 4.30. The van der Waals surface area contributed by atoms with Crippen molar-refractivity contribution >= 4 is 11.8 Å². The van der Waals surface area contributed by atoms with E-state index in [0.717, 1.165) is 23.2 Å². The topological polar surface area (TPSA) is 37.8 Å². The van der Waals surface area contributed by atoms with Crippen LogP contribution in [0, 0.1) is 5.92 Å². The van der Waals surface area contributed by atoms with Gasteiger partial charge < -0.3 is 5.32 Å². The lowest BCUT2D eigenvalue weighted by Crippen LogP contribution is -2.39. The Morgan fingerprint density at radius 2 is 2.21 bits per heavy atom. The number of nitrogens with zero attached hydrogens (tertiary/aromatic N) is 2. The van der Waals surface area contributed by atoms with E-state index in [1.54, 1.807) is 6.33 Å². The summed E-state index contributed by atoms with van der Waals surface area (Å²) in [5.41, 5.74) is 0. The van der Waals surface area contributed by atoms with Crippen LogP contribution in [-0.2, 0) is 0 Å². The van der Waals surface area contributed by atoms with Crippen LogP contribution in [0.5, 0.6) is 0 Å². The van der Waals surface area contributed by atoms with Crippen LogP contribution in [0.25, 0.3) is 0 Å². The molecular formula is C15H25N3S. The maximum atomic E-state index is 4.30. The molecule has 3 nitrogen and oxygen atoms in total. The Balaban J connectivity index is 1.85. The van der Waals surface area contributed by atoms with E-state index in [4.69, 9.17) is 0 Å². The van der Waals surface area contributed by atoms with E-state index in [-0.39, 0.29) is 0 Å². The molecule has 1 aromatic rings. The van der Waals surface area contributed by atoms with Crippen LogP contribution in [-0.4, -0.2) is 28.3 Å². The number of hydrogen-bond acceptors (Lipinski definition) is 4. The third kappa shape index (κ3) is 5.11. The van der Waals surface area contributed by atoms with Crippen molar-refractivity contribution in [2.75, 3.05) is 12.3 Å². The van der Waals surface area contributed by atoms with E-state index in [9.17, 15) is 0 Å². The van der Waals surface area contributed by atoms with Gasteiger partial charge in [0, 0.05) is 18.0 Å². The van der Waals surface area contributed by atoms with Crippen LogP contribution in [0.2, 0.25) is 0 Å². The second-order valence-corrected chi connectivity index (χ2v) is 6.36. The second-order valence-electron chi connectivity index (χ2n) is 5.32. The number of nitrogens with one attached hydrogen (secondary N) is 1. The summed E-state index contributed by atoms with van der Waals surface area (Å²) in [6.45, 7) is 3.37. The van der Waals surface area contributed by atoms with Crippen LogP contribution >= 0.6 is 11.8 Å². The van der Waals surface area contributed by atoms with Gasteiger partial charge in [0.05, 0.1) is 5.03 Å². The van der Waals surface area contributed by atoms with Gasteiger partial charge in [-0.15, -0.1) is 11.8 Å². The van der Waals surface area contributed by atoms with E-state index in [1.807, 2.05) is 24.0 Å². The number of thioether (sulfide) groups is 1. The van der Waals surface area contributed by atoms with Crippen molar-refractivity contribution in [1.82, 2.24) is 15.3 Å². The average Bonchev–Trinajstić information content (AvgIpc) is 2.49. The largest absolute Gasteiger partial charge is 0.313 e. The highest BCUT2D eigenvalue weighted by molar-refractivity contribution is 7.99. The molecule has 0 aromatic carbocycles. The predicted molar refractivity (Wildman–Crippen MR) is 81.4 cm³/mol. The summed E-state index contributed by atoms with van der Waals surface area (Å²) in [6.07, 6.45) is 11.7. The number of hydrogen-bond donors (Lipinski definition) is 1. The smallest absolute Gasteiger partial charge is 0.116 e. The molecule has 2 rings (SSSR count). The van der Waals surface area contributed by atoms with Crippen LogP contribution in [0.3, 0.4) is 0 Å². The maximum Gasteiger partial charge on any atom is 0.116 e. The highest BCUT2D eigenvalue weighted by Crippen LogP contribution is 2.29. The van der Waals surface area contributed by atoms with Crippen molar-refractivity contribution in [3.05, 3.63) is 18.6 Å². The SMILES string of the molecule is CCCNC(CSc1ccncn1)C1CCCCC1. The lowest BCUT2D eigenvalue weighted by molar-refractivity contribution is 0.285. The first kappa shape index (κ1) is 14.8. The van der Waals surface area contributed by atoms with Gasteiger partial charge in [0.1, 0.15) is 6.33 Å². The fraction of sp³-hybridized carbons (Fsp3) is 0.733. The van der Waals surface area contributed by atoms with Crippen LogP contribution < -0.4 is 5.32 Å². The molecule has 1 heterocycles. The Bertz CT molecular complexity index is 339. The first-order chi connectivity index (χ1) is 9.40. The zero-order valence-electron chi connectivity index (χ0n) is 11.8. The molecule has 1 saturated carbocycles. The Kier molecular flexibility index (Phi) is 6.65. The summed E-state index contributed by atoms with van der Waals surface area (Å²) in [5, 5.41) is 4.84. The average molecular weight is 279 g/mol. The molecule has 19 heavy (non-hydrogen) atoms. The number of aromatic nitrogens is 2. The highest BCUT2D eigenvalue weighted by Gasteiger charge is 2.23. The van der Waals surface area contributed by atoms with Gasteiger partial charge in [-0.25, -0.2) is 9.97 Å². The normalized spacial score (nSPS) is 18.4. The zero-order chi connectivity index (χ0) is 13.3. The fourth-order valence-corrected chi connectivity index (χ4v) is 3.79. The Morgan fingerprint density at radius 3 is 2.89 bits per heavy atom. The molecule has 0 aliphatic heterocycles. The molecule has 1 aliphatic carbocycles. The van der Waals surface area contributed by atoms with E-state index < -0.39 is 0 Å². The lowest BCUT2D eigenvalue weighted by atomic mass is 9.84. The third-order valence-electron chi connectivity index (χ3n) is 3.84. The molecule has 0 spiro atoms. The molecule has 1 aliphatic rings. The Hall–Kier alpha value is -0.610. The molecule has 1 unspecified atom stereocenters. The molecule has 1 N–H and O–H groups in total.